The number of β-amino-alcohol motifs (C(OH)–C–C–N with tert-alkyl or cyclic N) is 1. The van der Waals surface area contributed by atoms with Crippen molar-refractivity contribution in [3.05, 3.63) is 28.2 Å². The molecule has 1 heterocycles. The molecule has 0 aromatic heterocycles. The van der Waals surface area contributed by atoms with E-state index in [0.717, 1.165) is 0 Å². The van der Waals surface area contributed by atoms with Gasteiger partial charge in [-0.2, -0.15) is 0 Å². The van der Waals surface area contributed by atoms with Gasteiger partial charge in [0.2, 0.25) is 0 Å². The van der Waals surface area contributed by atoms with Gasteiger partial charge in [-0.3, -0.25) is 4.79 Å². The number of aliphatic hydroxyl groups is 1. The lowest BCUT2D eigenvalue weighted by molar-refractivity contribution is -0.0826. The maximum Gasteiger partial charge on any atom is 0.254 e. The summed E-state index contributed by atoms with van der Waals surface area (Å²) in [5.74, 6) is -0.118. The van der Waals surface area contributed by atoms with Gasteiger partial charge in [0.05, 0.1) is 23.2 Å². The van der Waals surface area contributed by atoms with Gasteiger partial charge in [0.25, 0.3) is 5.91 Å². The quantitative estimate of drug-likeness (QED) is 0.875. The molecule has 0 radical (unpaired) electrons. The van der Waals surface area contributed by atoms with Crippen molar-refractivity contribution in [3.63, 3.8) is 0 Å². The Labute approximate surface area is 108 Å². The Kier molecular flexibility index (Phi) is 3.14. The highest BCUT2D eigenvalue weighted by Gasteiger charge is 2.42. The van der Waals surface area contributed by atoms with E-state index in [1.165, 1.54) is 6.07 Å². The minimum atomic E-state index is -0.729. The lowest BCUT2D eigenvalue weighted by atomic mass is 9.90. The number of phenolic OH excluding ortho intramolecular Hbond substituents is 1. The third-order valence-corrected chi connectivity index (χ3v) is 3.78. The number of amides is 1. The first-order chi connectivity index (χ1) is 7.95. The van der Waals surface area contributed by atoms with E-state index < -0.39 is 5.60 Å². The Hall–Kier alpha value is -1.07. The van der Waals surface area contributed by atoms with E-state index in [2.05, 4.69) is 15.9 Å². The van der Waals surface area contributed by atoms with Gasteiger partial charge < -0.3 is 15.1 Å². The minimum absolute atomic E-state index is 0.0436. The van der Waals surface area contributed by atoms with Crippen molar-refractivity contribution < 1.29 is 15.0 Å². The molecule has 0 unspecified atom stereocenters. The monoisotopic (exact) mass is 299 g/mol. The summed E-state index contributed by atoms with van der Waals surface area (Å²) >= 11 is 3.16. The summed E-state index contributed by atoms with van der Waals surface area (Å²) in [4.78, 5) is 13.6. The number of carbonyl (C=O) groups excluding carboxylic acids is 1. The standard InChI is InChI=1S/C12H14BrNO3/c1-2-12(17)6-14(7-12)11(16)8-3-4-9(13)10(15)5-8/h3-5,15,17H,2,6-7H2,1H3. The van der Waals surface area contributed by atoms with Crippen molar-refractivity contribution in [3.8, 4) is 5.75 Å². The van der Waals surface area contributed by atoms with Crippen molar-refractivity contribution in [2.24, 2.45) is 0 Å². The molecule has 1 saturated heterocycles. The normalized spacial score (nSPS) is 17.7. The number of hydrogen-bond acceptors (Lipinski definition) is 3. The molecular weight excluding hydrogens is 286 g/mol. The molecule has 0 atom stereocenters. The zero-order valence-electron chi connectivity index (χ0n) is 9.48. The van der Waals surface area contributed by atoms with E-state index in [-0.39, 0.29) is 11.7 Å². The van der Waals surface area contributed by atoms with Crippen LogP contribution in [0.4, 0.5) is 0 Å². The predicted octanol–water partition coefficient (Wildman–Crippen LogP) is 1.75. The highest BCUT2D eigenvalue weighted by Crippen LogP contribution is 2.28. The molecule has 2 rings (SSSR count). The third-order valence-electron chi connectivity index (χ3n) is 3.11. The van der Waals surface area contributed by atoms with Gasteiger partial charge in [0, 0.05) is 5.56 Å². The highest BCUT2D eigenvalue weighted by molar-refractivity contribution is 9.10. The fraction of sp³-hybridized carbons (Fsp3) is 0.417. The first-order valence-corrected chi connectivity index (χ1v) is 6.25. The Morgan fingerprint density at radius 3 is 2.71 bits per heavy atom. The molecule has 0 bridgehead atoms. The zero-order valence-corrected chi connectivity index (χ0v) is 11.1. The molecule has 0 aliphatic carbocycles. The second-order valence-electron chi connectivity index (χ2n) is 4.41. The van der Waals surface area contributed by atoms with Crippen LogP contribution in [0.25, 0.3) is 0 Å². The first kappa shape index (κ1) is 12.4. The predicted molar refractivity (Wildman–Crippen MR) is 67.0 cm³/mol. The van der Waals surface area contributed by atoms with Gasteiger partial charge >= 0.3 is 0 Å². The van der Waals surface area contributed by atoms with Crippen LogP contribution in [0.5, 0.6) is 5.75 Å². The largest absolute Gasteiger partial charge is 0.507 e. The Balaban J connectivity index is 2.09. The van der Waals surface area contributed by atoms with Crippen LogP contribution in [-0.2, 0) is 0 Å². The van der Waals surface area contributed by atoms with Crippen molar-refractivity contribution >= 4 is 21.8 Å². The van der Waals surface area contributed by atoms with Crippen molar-refractivity contribution in [2.75, 3.05) is 13.1 Å². The van der Waals surface area contributed by atoms with Crippen molar-refractivity contribution in [2.45, 2.75) is 18.9 Å². The number of likely N-dealkylation sites (tertiary alicyclic amines) is 1. The molecule has 1 aliphatic heterocycles. The molecule has 1 aromatic rings. The first-order valence-electron chi connectivity index (χ1n) is 5.45. The number of hydrogen-bond donors (Lipinski definition) is 2. The van der Waals surface area contributed by atoms with Crippen LogP contribution in [0.2, 0.25) is 0 Å². The molecule has 17 heavy (non-hydrogen) atoms. The average molecular weight is 300 g/mol. The van der Waals surface area contributed by atoms with Crippen molar-refractivity contribution in [1.82, 2.24) is 4.90 Å². The summed E-state index contributed by atoms with van der Waals surface area (Å²) in [7, 11) is 0. The maximum atomic E-state index is 12.0. The summed E-state index contributed by atoms with van der Waals surface area (Å²) in [6.45, 7) is 2.62. The van der Waals surface area contributed by atoms with Crippen LogP contribution >= 0.6 is 15.9 Å². The molecule has 0 spiro atoms. The van der Waals surface area contributed by atoms with Crippen LogP contribution in [0, 0.1) is 0 Å². The smallest absolute Gasteiger partial charge is 0.254 e. The SMILES string of the molecule is CCC1(O)CN(C(=O)c2ccc(Br)c(O)c2)C1. The number of rotatable bonds is 2. The molecule has 1 amide bonds. The van der Waals surface area contributed by atoms with Gasteiger partial charge in [-0.25, -0.2) is 0 Å². The number of aromatic hydroxyl groups is 1. The molecule has 0 saturated carbocycles. The lowest BCUT2D eigenvalue weighted by Crippen LogP contribution is -2.63. The summed E-state index contributed by atoms with van der Waals surface area (Å²) < 4.78 is 0.558. The second-order valence-corrected chi connectivity index (χ2v) is 5.26. The van der Waals surface area contributed by atoms with Gasteiger partial charge in [-0.05, 0) is 40.5 Å². The molecule has 92 valence electrons. The van der Waals surface area contributed by atoms with E-state index in [1.54, 1.807) is 17.0 Å². The van der Waals surface area contributed by atoms with Crippen molar-refractivity contribution in [1.29, 1.82) is 0 Å². The number of nitrogens with zero attached hydrogens (tertiary/aromatic N) is 1. The fourth-order valence-corrected chi connectivity index (χ4v) is 2.11. The van der Waals surface area contributed by atoms with E-state index in [1.807, 2.05) is 6.92 Å². The third kappa shape index (κ3) is 2.30. The summed E-state index contributed by atoms with van der Waals surface area (Å²) in [5, 5.41) is 19.3. The molecule has 2 N–H and O–H groups in total. The molecule has 1 fully saturated rings. The summed E-state index contributed by atoms with van der Waals surface area (Å²) in [6.07, 6.45) is 0.641. The van der Waals surface area contributed by atoms with Gasteiger partial charge in [-0.1, -0.05) is 6.92 Å². The second kappa shape index (κ2) is 4.31. The van der Waals surface area contributed by atoms with Crippen LogP contribution in [0.1, 0.15) is 23.7 Å². The zero-order chi connectivity index (χ0) is 12.6. The summed E-state index contributed by atoms with van der Waals surface area (Å²) in [5.41, 5.74) is -0.295. The fourth-order valence-electron chi connectivity index (χ4n) is 1.86. The number of benzene rings is 1. The van der Waals surface area contributed by atoms with Gasteiger partial charge in [-0.15, -0.1) is 0 Å². The maximum absolute atomic E-state index is 12.0. The number of phenols is 1. The molecule has 1 aliphatic rings. The van der Waals surface area contributed by atoms with Gasteiger partial charge in [0.15, 0.2) is 0 Å². The van der Waals surface area contributed by atoms with E-state index >= 15 is 0 Å². The summed E-state index contributed by atoms with van der Waals surface area (Å²) in [6, 6.07) is 4.71. The van der Waals surface area contributed by atoms with Crippen LogP contribution in [0.15, 0.2) is 22.7 Å². The number of halogens is 1. The minimum Gasteiger partial charge on any atom is -0.507 e. The average Bonchev–Trinajstić information content (AvgIpc) is 2.27. The Morgan fingerprint density at radius 1 is 1.53 bits per heavy atom. The highest BCUT2D eigenvalue weighted by atomic mass is 79.9. The molecule has 1 aromatic carbocycles. The van der Waals surface area contributed by atoms with E-state index in [0.29, 0.717) is 29.5 Å². The Morgan fingerprint density at radius 2 is 2.18 bits per heavy atom. The molecular formula is C12H14BrNO3. The van der Waals surface area contributed by atoms with Gasteiger partial charge in [0.1, 0.15) is 5.75 Å². The van der Waals surface area contributed by atoms with Crippen LogP contribution in [0.3, 0.4) is 0 Å². The lowest BCUT2D eigenvalue weighted by Gasteiger charge is -2.46. The van der Waals surface area contributed by atoms with E-state index in [9.17, 15) is 15.0 Å². The van der Waals surface area contributed by atoms with Crippen LogP contribution in [-0.4, -0.2) is 39.7 Å². The topological polar surface area (TPSA) is 60.8 Å². The molecule has 5 heteroatoms. The molecule has 4 nitrogen and oxygen atoms in total. The number of carbonyl (C=O) groups is 1. The van der Waals surface area contributed by atoms with Crippen LogP contribution < -0.4 is 0 Å². The van der Waals surface area contributed by atoms with E-state index in [4.69, 9.17) is 0 Å². The Bertz CT molecular complexity index is 455.